The molecular formula is C17H19N5O3. The van der Waals surface area contributed by atoms with Crippen LogP contribution in [-0.4, -0.2) is 51.9 Å². The van der Waals surface area contributed by atoms with Gasteiger partial charge in [-0.3, -0.25) is 20.0 Å². The highest BCUT2D eigenvalue weighted by Gasteiger charge is 2.21. The Hall–Kier alpha value is -3.00. The molecule has 0 aliphatic carbocycles. The van der Waals surface area contributed by atoms with E-state index in [2.05, 4.69) is 15.2 Å². The lowest BCUT2D eigenvalue weighted by Gasteiger charge is -2.34. The number of pyridine rings is 1. The summed E-state index contributed by atoms with van der Waals surface area (Å²) in [6, 6.07) is 9.70. The number of non-ortho nitro benzene ring substituents is 1. The molecule has 1 aliphatic heterocycles. The number of carbonyl (C=O) groups excluding carboxylic acids is 1. The largest absolute Gasteiger partial charge is 0.322 e. The highest BCUT2D eigenvalue weighted by atomic mass is 16.6. The lowest BCUT2D eigenvalue weighted by Crippen LogP contribution is -2.49. The first-order chi connectivity index (χ1) is 12.1. The van der Waals surface area contributed by atoms with Crippen LogP contribution in [0, 0.1) is 10.1 Å². The van der Waals surface area contributed by atoms with Gasteiger partial charge in [0.15, 0.2) is 0 Å². The molecule has 2 aromatic rings. The van der Waals surface area contributed by atoms with Gasteiger partial charge in [-0.2, -0.15) is 0 Å². The first-order valence-corrected chi connectivity index (χ1v) is 8.03. The Morgan fingerprint density at radius 2 is 1.88 bits per heavy atom. The van der Waals surface area contributed by atoms with Crippen LogP contribution in [0.3, 0.4) is 0 Å². The molecule has 0 unspecified atom stereocenters. The average Bonchev–Trinajstić information content (AvgIpc) is 2.63. The van der Waals surface area contributed by atoms with Crippen LogP contribution >= 0.6 is 0 Å². The maximum atomic E-state index is 12.3. The molecule has 0 atom stereocenters. The number of nitro benzene ring substituents is 1. The van der Waals surface area contributed by atoms with Crippen molar-refractivity contribution in [1.82, 2.24) is 14.8 Å². The Labute approximate surface area is 145 Å². The number of urea groups is 1. The molecule has 0 saturated carbocycles. The van der Waals surface area contributed by atoms with Crippen molar-refractivity contribution in [3.05, 3.63) is 64.5 Å². The second kappa shape index (κ2) is 7.71. The van der Waals surface area contributed by atoms with E-state index < -0.39 is 4.92 Å². The smallest absolute Gasteiger partial charge is 0.321 e. The minimum absolute atomic E-state index is 0.0417. The minimum atomic E-state index is -0.479. The molecular weight excluding hydrogens is 322 g/mol. The van der Waals surface area contributed by atoms with Crippen molar-refractivity contribution in [2.24, 2.45) is 0 Å². The second-order valence-electron chi connectivity index (χ2n) is 5.86. The molecule has 1 aliphatic rings. The quantitative estimate of drug-likeness (QED) is 0.681. The van der Waals surface area contributed by atoms with Gasteiger partial charge in [-0.05, 0) is 23.8 Å². The number of carbonyl (C=O) groups is 1. The van der Waals surface area contributed by atoms with Crippen molar-refractivity contribution in [2.45, 2.75) is 6.54 Å². The van der Waals surface area contributed by atoms with Crippen LogP contribution in [0.1, 0.15) is 5.56 Å². The van der Waals surface area contributed by atoms with E-state index in [0.29, 0.717) is 18.8 Å². The van der Waals surface area contributed by atoms with Crippen molar-refractivity contribution in [2.75, 3.05) is 31.5 Å². The van der Waals surface area contributed by atoms with Gasteiger partial charge in [0.1, 0.15) is 0 Å². The van der Waals surface area contributed by atoms with E-state index in [9.17, 15) is 14.9 Å². The first kappa shape index (κ1) is 16.8. The summed E-state index contributed by atoms with van der Waals surface area (Å²) in [5, 5.41) is 13.5. The van der Waals surface area contributed by atoms with Gasteiger partial charge in [-0.15, -0.1) is 0 Å². The van der Waals surface area contributed by atoms with E-state index in [-0.39, 0.29) is 11.7 Å². The fourth-order valence-corrected chi connectivity index (χ4v) is 2.76. The van der Waals surface area contributed by atoms with Gasteiger partial charge in [0.05, 0.1) is 4.92 Å². The SMILES string of the molecule is O=C(Nc1cccc([N+](=O)[O-])c1)N1CCN(Cc2ccncc2)CC1. The van der Waals surface area contributed by atoms with E-state index in [1.807, 2.05) is 12.1 Å². The van der Waals surface area contributed by atoms with Crippen LogP contribution in [0.25, 0.3) is 0 Å². The van der Waals surface area contributed by atoms with Gasteiger partial charge in [0, 0.05) is 62.9 Å². The number of aromatic nitrogens is 1. The third kappa shape index (κ3) is 4.51. The Kier molecular flexibility index (Phi) is 5.20. The fourth-order valence-electron chi connectivity index (χ4n) is 2.76. The molecule has 25 heavy (non-hydrogen) atoms. The van der Waals surface area contributed by atoms with Crippen LogP contribution in [0.2, 0.25) is 0 Å². The molecule has 1 N–H and O–H groups in total. The van der Waals surface area contributed by atoms with Gasteiger partial charge in [0.2, 0.25) is 0 Å². The van der Waals surface area contributed by atoms with Gasteiger partial charge < -0.3 is 10.2 Å². The van der Waals surface area contributed by atoms with Crippen LogP contribution < -0.4 is 5.32 Å². The topological polar surface area (TPSA) is 91.6 Å². The number of amides is 2. The van der Waals surface area contributed by atoms with E-state index in [1.54, 1.807) is 29.4 Å². The maximum Gasteiger partial charge on any atom is 0.321 e. The van der Waals surface area contributed by atoms with Crippen molar-refractivity contribution in [3.8, 4) is 0 Å². The molecule has 2 amide bonds. The Morgan fingerprint density at radius 1 is 1.16 bits per heavy atom. The molecule has 3 rings (SSSR count). The third-order valence-corrected chi connectivity index (χ3v) is 4.12. The zero-order valence-electron chi connectivity index (χ0n) is 13.7. The monoisotopic (exact) mass is 341 g/mol. The lowest BCUT2D eigenvalue weighted by atomic mass is 10.2. The van der Waals surface area contributed by atoms with Crippen molar-refractivity contribution < 1.29 is 9.72 Å². The maximum absolute atomic E-state index is 12.3. The second-order valence-corrected chi connectivity index (χ2v) is 5.86. The van der Waals surface area contributed by atoms with Crippen LogP contribution in [0.5, 0.6) is 0 Å². The standard InChI is InChI=1S/C17H19N5O3/c23-17(19-15-2-1-3-16(12-15)22(24)25)21-10-8-20(9-11-21)13-14-4-6-18-7-5-14/h1-7,12H,8-11,13H2,(H,19,23). The number of nitrogens with zero attached hydrogens (tertiary/aromatic N) is 4. The van der Waals surface area contributed by atoms with Crippen molar-refractivity contribution >= 4 is 17.4 Å². The van der Waals surface area contributed by atoms with Crippen LogP contribution in [0.4, 0.5) is 16.2 Å². The predicted octanol–water partition coefficient (Wildman–Crippen LogP) is 2.34. The normalized spacial score (nSPS) is 15.0. The number of benzene rings is 1. The first-order valence-electron chi connectivity index (χ1n) is 8.03. The van der Waals surface area contributed by atoms with Crippen LogP contribution in [-0.2, 0) is 6.54 Å². The highest BCUT2D eigenvalue weighted by molar-refractivity contribution is 5.89. The highest BCUT2D eigenvalue weighted by Crippen LogP contribution is 2.18. The summed E-state index contributed by atoms with van der Waals surface area (Å²) >= 11 is 0. The van der Waals surface area contributed by atoms with Crippen molar-refractivity contribution in [3.63, 3.8) is 0 Å². The van der Waals surface area contributed by atoms with Gasteiger partial charge in [-0.25, -0.2) is 4.79 Å². The van der Waals surface area contributed by atoms with Crippen molar-refractivity contribution in [1.29, 1.82) is 0 Å². The molecule has 1 saturated heterocycles. The zero-order chi connectivity index (χ0) is 17.6. The Morgan fingerprint density at radius 3 is 2.56 bits per heavy atom. The minimum Gasteiger partial charge on any atom is -0.322 e. The molecule has 0 bridgehead atoms. The lowest BCUT2D eigenvalue weighted by molar-refractivity contribution is -0.384. The molecule has 1 fully saturated rings. The third-order valence-electron chi connectivity index (χ3n) is 4.12. The Bertz CT molecular complexity index is 745. The summed E-state index contributed by atoms with van der Waals surface area (Å²) in [5.74, 6) is 0. The van der Waals surface area contributed by atoms with E-state index in [4.69, 9.17) is 0 Å². The molecule has 1 aromatic carbocycles. The molecule has 0 radical (unpaired) electrons. The number of rotatable bonds is 4. The van der Waals surface area contributed by atoms with Crippen LogP contribution in [0.15, 0.2) is 48.8 Å². The fraction of sp³-hybridized carbons (Fsp3) is 0.294. The average molecular weight is 341 g/mol. The predicted molar refractivity (Wildman–Crippen MR) is 93.2 cm³/mol. The molecule has 8 heteroatoms. The number of nitro groups is 1. The summed E-state index contributed by atoms with van der Waals surface area (Å²) in [6.45, 7) is 3.63. The summed E-state index contributed by atoms with van der Waals surface area (Å²) in [7, 11) is 0. The number of nitrogens with one attached hydrogen (secondary N) is 1. The zero-order valence-corrected chi connectivity index (χ0v) is 13.7. The number of hydrogen-bond acceptors (Lipinski definition) is 5. The summed E-state index contributed by atoms with van der Waals surface area (Å²) in [5.41, 5.74) is 1.59. The van der Waals surface area contributed by atoms with E-state index in [1.165, 1.54) is 17.7 Å². The molecule has 1 aromatic heterocycles. The number of anilines is 1. The number of hydrogen-bond donors (Lipinski definition) is 1. The Balaban J connectivity index is 1.51. The molecule has 0 spiro atoms. The summed E-state index contributed by atoms with van der Waals surface area (Å²) in [6.07, 6.45) is 3.55. The molecule has 2 heterocycles. The summed E-state index contributed by atoms with van der Waals surface area (Å²) < 4.78 is 0. The van der Waals surface area contributed by atoms with Gasteiger partial charge in [-0.1, -0.05) is 6.07 Å². The summed E-state index contributed by atoms with van der Waals surface area (Å²) in [4.78, 5) is 30.7. The van der Waals surface area contributed by atoms with E-state index >= 15 is 0 Å². The number of piperazine rings is 1. The molecule has 130 valence electrons. The molecule has 8 nitrogen and oxygen atoms in total. The van der Waals surface area contributed by atoms with Gasteiger partial charge >= 0.3 is 6.03 Å². The van der Waals surface area contributed by atoms with E-state index in [0.717, 1.165) is 19.6 Å². The van der Waals surface area contributed by atoms with Gasteiger partial charge in [0.25, 0.3) is 5.69 Å².